The molecule has 0 bridgehead atoms. The van der Waals surface area contributed by atoms with Crippen molar-refractivity contribution in [2.45, 2.75) is 45.2 Å². The van der Waals surface area contributed by atoms with Gasteiger partial charge in [-0.15, -0.1) is 0 Å². The second-order valence-corrected chi connectivity index (χ2v) is 8.92. The Labute approximate surface area is 194 Å². The lowest BCUT2D eigenvalue weighted by molar-refractivity contribution is 0.0950. The Morgan fingerprint density at radius 3 is 2.42 bits per heavy atom. The summed E-state index contributed by atoms with van der Waals surface area (Å²) in [5.74, 6) is -0.249. The number of rotatable bonds is 6. The van der Waals surface area contributed by atoms with Crippen molar-refractivity contribution < 1.29 is 9.59 Å². The Kier molecular flexibility index (Phi) is 5.86. The van der Waals surface area contributed by atoms with Gasteiger partial charge in [0, 0.05) is 36.1 Å². The number of anilines is 2. The lowest BCUT2D eigenvalue weighted by Gasteiger charge is -2.32. The van der Waals surface area contributed by atoms with Gasteiger partial charge in [-0.2, -0.15) is 0 Å². The van der Waals surface area contributed by atoms with Gasteiger partial charge in [-0.1, -0.05) is 43.3 Å². The zero-order chi connectivity index (χ0) is 22.8. The molecular weight excluding hydrogens is 410 g/mol. The fourth-order valence-electron chi connectivity index (χ4n) is 4.36. The van der Waals surface area contributed by atoms with Gasteiger partial charge in [-0.3, -0.25) is 9.59 Å². The maximum Gasteiger partial charge on any atom is 0.255 e. The summed E-state index contributed by atoms with van der Waals surface area (Å²) in [5.41, 5.74) is 6.61. The van der Waals surface area contributed by atoms with E-state index in [0.29, 0.717) is 16.8 Å². The third-order valence-corrected chi connectivity index (χ3v) is 6.51. The van der Waals surface area contributed by atoms with Crippen LogP contribution in [0.3, 0.4) is 0 Å². The predicted octanol–water partition coefficient (Wildman–Crippen LogP) is 4.96. The summed E-state index contributed by atoms with van der Waals surface area (Å²) in [4.78, 5) is 28.2. The van der Waals surface area contributed by atoms with Crippen LogP contribution in [-0.2, 0) is 19.4 Å². The molecule has 0 saturated heterocycles. The van der Waals surface area contributed by atoms with Gasteiger partial charge in [0.2, 0.25) is 0 Å². The first-order chi connectivity index (χ1) is 16.1. The second kappa shape index (κ2) is 9.10. The van der Waals surface area contributed by atoms with Crippen molar-refractivity contribution in [3.05, 3.63) is 94.5 Å². The second-order valence-electron chi connectivity index (χ2n) is 8.92. The molecule has 33 heavy (non-hydrogen) atoms. The van der Waals surface area contributed by atoms with Crippen molar-refractivity contribution in [1.29, 1.82) is 0 Å². The lowest BCUT2D eigenvalue weighted by atomic mass is 9.98. The Hall–Kier alpha value is -3.60. The van der Waals surface area contributed by atoms with Crippen LogP contribution in [0.2, 0.25) is 0 Å². The maximum absolute atomic E-state index is 13.1. The van der Waals surface area contributed by atoms with E-state index in [0.717, 1.165) is 44.5 Å². The fourth-order valence-corrected chi connectivity index (χ4v) is 4.36. The number of amides is 2. The quantitative estimate of drug-likeness (QED) is 0.571. The van der Waals surface area contributed by atoms with Crippen LogP contribution in [0.25, 0.3) is 0 Å². The number of hydrogen-bond donors (Lipinski definition) is 2. The van der Waals surface area contributed by atoms with E-state index in [1.807, 2.05) is 42.5 Å². The molecule has 0 atom stereocenters. The van der Waals surface area contributed by atoms with Gasteiger partial charge in [0.25, 0.3) is 11.8 Å². The van der Waals surface area contributed by atoms with Crippen molar-refractivity contribution in [1.82, 2.24) is 5.32 Å². The smallest absolute Gasteiger partial charge is 0.255 e. The molecule has 1 aliphatic heterocycles. The van der Waals surface area contributed by atoms with Crippen LogP contribution in [0.15, 0.2) is 66.7 Å². The minimum atomic E-state index is -0.175. The van der Waals surface area contributed by atoms with Crippen LogP contribution in [0.5, 0.6) is 0 Å². The third-order valence-electron chi connectivity index (χ3n) is 6.51. The molecule has 5 heteroatoms. The molecule has 1 saturated carbocycles. The summed E-state index contributed by atoms with van der Waals surface area (Å²) < 4.78 is 0. The number of aryl methyl sites for hydroxylation is 1. The molecule has 1 heterocycles. The van der Waals surface area contributed by atoms with Gasteiger partial charge in [0.15, 0.2) is 0 Å². The van der Waals surface area contributed by atoms with E-state index < -0.39 is 0 Å². The average Bonchev–Trinajstić information content (AvgIpc) is 3.67. The summed E-state index contributed by atoms with van der Waals surface area (Å²) in [6.07, 6.45) is 3.95. The molecule has 0 spiro atoms. The van der Waals surface area contributed by atoms with E-state index >= 15 is 0 Å². The van der Waals surface area contributed by atoms with E-state index in [1.54, 1.807) is 0 Å². The zero-order valence-corrected chi connectivity index (χ0v) is 18.9. The van der Waals surface area contributed by atoms with Crippen LogP contribution < -0.4 is 15.5 Å². The van der Waals surface area contributed by atoms with E-state index in [1.165, 1.54) is 16.7 Å². The highest BCUT2D eigenvalue weighted by atomic mass is 16.2. The summed E-state index contributed by atoms with van der Waals surface area (Å²) in [7, 11) is 0. The van der Waals surface area contributed by atoms with Crippen molar-refractivity contribution in [2.75, 3.05) is 16.8 Å². The first kappa shape index (κ1) is 21.3. The SMILES string of the molecule is CCc1ccc(C(=O)Nc2ccc(N3CCc4ccccc4C3)c(C(=O)NC3CC3)c2)cc1. The molecule has 0 unspecified atom stereocenters. The van der Waals surface area contributed by atoms with Crippen LogP contribution in [0.1, 0.15) is 57.2 Å². The van der Waals surface area contributed by atoms with Crippen LogP contribution in [0.4, 0.5) is 11.4 Å². The van der Waals surface area contributed by atoms with Crippen molar-refractivity contribution in [2.24, 2.45) is 0 Å². The Morgan fingerprint density at radius 1 is 0.939 bits per heavy atom. The number of fused-ring (bicyclic) bond motifs is 1. The van der Waals surface area contributed by atoms with E-state index in [4.69, 9.17) is 0 Å². The molecule has 168 valence electrons. The minimum Gasteiger partial charge on any atom is -0.366 e. The number of hydrogen-bond acceptors (Lipinski definition) is 3. The van der Waals surface area contributed by atoms with Crippen molar-refractivity contribution >= 4 is 23.2 Å². The Morgan fingerprint density at radius 2 is 1.70 bits per heavy atom. The summed E-state index contributed by atoms with van der Waals surface area (Å²) >= 11 is 0. The molecule has 1 aliphatic carbocycles. The topological polar surface area (TPSA) is 61.4 Å². The fraction of sp³-hybridized carbons (Fsp3) is 0.286. The number of nitrogens with one attached hydrogen (secondary N) is 2. The maximum atomic E-state index is 13.1. The van der Waals surface area contributed by atoms with Gasteiger partial charge in [-0.25, -0.2) is 0 Å². The van der Waals surface area contributed by atoms with Gasteiger partial charge in [0.05, 0.1) is 5.56 Å². The summed E-state index contributed by atoms with van der Waals surface area (Å²) in [6.45, 7) is 3.72. The molecule has 3 aromatic carbocycles. The molecule has 0 aromatic heterocycles. The monoisotopic (exact) mass is 439 g/mol. The Balaban J connectivity index is 1.41. The van der Waals surface area contributed by atoms with Crippen LogP contribution >= 0.6 is 0 Å². The van der Waals surface area contributed by atoms with Crippen LogP contribution in [-0.4, -0.2) is 24.4 Å². The largest absolute Gasteiger partial charge is 0.366 e. The van der Waals surface area contributed by atoms with Gasteiger partial charge >= 0.3 is 0 Å². The number of benzene rings is 3. The third kappa shape index (κ3) is 4.77. The highest BCUT2D eigenvalue weighted by Crippen LogP contribution is 2.30. The van der Waals surface area contributed by atoms with Crippen molar-refractivity contribution in [3.8, 4) is 0 Å². The Bertz CT molecular complexity index is 1180. The van der Waals surface area contributed by atoms with Crippen molar-refractivity contribution in [3.63, 3.8) is 0 Å². The van der Waals surface area contributed by atoms with E-state index in [2.05, 4.69) is 46.7 Å². The number of carbonyl (C=O) groups excluding carboxylic acids is 2. The molecule has 5 rings (SSSR count). The molecular formula is C28H29N3O2. The normalized spacial score (nSPS) is 15.0. The number of nitrogens with zero attached hydrogens (tertiary/aromatic N) is 1. The van der Waals surface area contributed by atoms with Crippen LogP contribution in [0, 0.1) is 0 Å². The number of carbonyl (C=O) groups is 2. The summed E-state index contributed by atoms with van der Waals surface area (Å²) in [5, 5.41) is 6.08. The lowest BCUT2D eigenvalue weighted by Crippen LogP contribution is -2.33. The molecule has 0 radical (unpaired) electrons. The predicted molar refractivity (Wildman–Crippen MR) is 132 cm³/mol. The molecule has 2 N–H and O–H groups in total. The average molecular weight is 440 g/mol. The minimum absolute atomic E-state index is 0.0743. The van der Waals surface area contributed by atoms with Gasteiger partial charge < -0.3 is 15.5 Å². The van der Waals surface area contributed by atoms with Gasteiger partial charge in [-0.05, 0) is 72.7 Å². The highest BCUT2D eigenvalue weighted by molar-refractivity contribution is 6.06. The summed E-state index contributed by atoms with van der Waals surface area (Å²) in [6, 6.07) is 22.0. The first-order valence-corrected chi connectivity index (χ1v) is 11.8. The van der Waals surface area contributed by atoms with Gasteiger partial charge in [0.1, 0.15) is 0 Å². The highest BCUT2D eigenvalue weighted by Gasteiger charge is 2.27. The molecule has 2 amide bonds. The first-order valence-electron chi connectivity index (χ1n) is 11.8. The molecule has 3 aromatic rings. The van der Waals surface area contributed by atoms with E-state index in [-0.39, 0.29) is 17.9 Å². The zero-order valence-electron chi connectivity index (χ0n) is 18.9. The van der Waals surface area contributed by atoms with E-state index in [9.17, 15) is 9.59 Å². The molecule has 2 aliphatic rings. The molecule has 1 fully saturated rings. The standard InChI is InChI=1S/C28H29N3O2/c1-2-19-7-9-21(10-8-19)27(32)30-24-13-14-26(25(17-24)28(33)29-23-11-12-23)31-16-15-20-5-3-4-6-22(20)18-31/h3-10,13-14,17,23H,2,11-12,15-16,18H2,1H3,(H,29,33)(H,30,32). The molecule has 5 nitrogen and oxygen atoms in total.